The highest BCUT2D eigenvalue weighted by molar-refractivity contribution is 5.91. The molecule has 0 bridgehead atoms. The Morgan fingerprint density at radius 3 is 2.70 bits per heavy atom. The van der Waals surface area contributed by atoms with Gasteiger partial charge in [-0.1, -0.05) is 26.8 Å². The summed E-state index contributed by atoms with van der Waals surface area (Å²) in [6.07, 6.45) is 4.40. The third kappa shape index (κ3) is 5.06. The number of amides is 1. The number of aryl methyl sites for hydroxylation is 3. The van der Waals surface area contributed by atoms with Gasteiger partial charge in [0.25, 0.3) is 0 Å². The number of anilines is 2. The molecule has 3 heterocycles. The number of nitrogens with zero attached hydrogens (tertiary/aromatic N) is 3. The number of fused-ring (bicyclic) bond motifs is 1. The minimum Gasteiger partial charge on any atom is -0.364 e. The highest BCUT2D eigenvalue weighted by Crippen LogP contribution is 2.31. The molecule has 27 heavy (non-hydrogen) atoms. The van der Waals surface area contributed by atoms with Crippen LogP contribution in [0.15, 0.2) is 24.4 Å². The van der Waals surface area contributed by atoms with E-state index in [4.69, 9.17) is 4.98 Å². The third-order valence-electron chi connectivity index (χ3n) is 4.73. The van der Waals surface area contributed by atoms with Crippen LogP contribution in [0, 0.1) is 19.3 Å². The van der Waals surface area contributed by atoms with Crippen molar-refractivity contribution in [2.24, 2.45) is 5.41 Å². The van der Waals surface area contributed by atoms with Crippen LogP contribution in [0.25, 0.3) is 0 Å². The lowest BCUT2D eigenvalue weighted by Gasteiger charge is -2.31. The molecular weight excluding hydrogens is 336 g/mol. The maximum Gasteiger partial charge on any atom is 0.226 e. The second-order valence-corrected chi connectivity index (χ2v) is 8.76. The highest BCUT2D eigenvalue weighted by atomic mass is 16.1. The maximum absolute atomic E-state index is 12.3. The summed E-state index contributed by atoms with van der Waals surface area (Å²) in [5, 5.41) is 3.01. The molecule has 2 aromatic heterocycles. The summed E-state index contributed by atoms with van der Waals surface area (Å²) in [5.74, 6) is 0.716. The number of hydrogen-bond donors (Lipinski definition) is 1. The van der Waals surface area contributed by atoms with Crippen LogP contribution in [-0.4, -0.2) is 22.4 Å². The Kier molecular flexibility index (Phi) is 5.49. The SMILES string of the molecule is Cc1ccc(CN2CCCc3nc(NC(=O)CC(C)(C)C)c(C)cc32)nc1. The average molecular weight is 367 g/mol. The topological polar surface area (TPSA) is 58.1 Å². The smallest absolute Gasteiger partial charge is 0.226 e. The van der Waals surface area contributed by atoms with Crippen molar-refractivity contribution in [1.82, 2.24) is 9.97 Å². The summed E-state index contributed by atoms with van der Waals surface area (Å²) in [6.45, 7) is 12.0. The molecule has 0 atom stereocenters. The zero-order chi connectivity index (χ0) is 19.6. The van der Waals surface area contributed by atoms with Crippen molar-refractivity contribution in [2.75, 3.05) is 16.8 Å². The van der Waals surface area contributed by atoms with Gasteiger partial charge in [-0.15, -0.1) is 0 Å². The predicted octanol–water partition coefficient (Wildman–Crippen LogP) is 4.42. The summed E-state index contributed by atoms with van der Waals surface area (Å²) in [6, 6.07) is 6.35. The van der Waals surface area contributed by atoms with Gasteiger partial charge in [-0.05, 0) is 55.4 Å². The number of hydrogen-bond acceptors (Lipinski definition) is 4. The van der Waals surface area contributed by atoms with Gasteiger partial charge in [0, 0.05) is 19.2 Å². The van der Waals surface area contributed by atoms with E-state index in [-0.39, 0.29) is 11.3 Å². The quantitative estimate of drug-likeness (QED) is 0.870. The molecule has 1 N–H and O–H groups in total. The number of nitrogens with one attached hydrogen (secondary N) is 1. The first kappa shape index (κ1) is 19.3. The molecule has 0 aromatic carbocycles. The van der Waals surface area contributed by atoms with Crippen LogP contribution in [0.1, 0.15) is 56.1 Å². The number of aromatic nitrogens is 2. The summed E-state index contributed by atoms with van der Waals surface area (Å²) in [7, 11) is 0. The highest BCUT2D eigenvalue weighted by Gasteiger charge is 2.22. The van der Waals surface area contributed by atoms with Crippen molar-refractivity contribution in [3.63, 3.8) is 0 Å². The average Bonchev–Trinajstić information content (AvgIpc) is 2.56. The molecule has 0 spiro atoms. The predicted molar refractivity (Wildman–Crippen MR) is 110 cm³/mol. The Morgan fingerprint density at radius 2 is 2.04 bits per heavy atom. The van der Waals surface area contributed by atoms with E-state index in [1.165, 1.54) is 5.56 Å². The van der Waals surface area contributed by atoms with E-state index in [0.717, 1.165) is 48.6 Å². The van der Waals surface area contributed by atoms with E-state index in [9.17, 15) is 4.79 Å². The zero-order valence-electron chi connectivity index (χ0n) is 17.1. The second-order valence-electron chi connectivity index (χ2n) is 8.76. The zero-order valence-corrected chi connectivity index (χ0v) is 17.1. The van der Waals surface area contributed by atoms with Crippen LogP contribution in [0.5, 0.6) is 0 Å². The van der Waals surface area contributed by atoms with Gasteiger partial charge in [0.05, 0.1) is 23.6 Å². The number of carbonyl (C=O) groups is 1. The summed E-state index contributed by atoms with van der Waals surface area (Å²) in [5.41, 5.74) is 5.42. The van der Waals surface area contributed by atoms with Crippen molar-refractivity contribution in [2.45, 2.75) is 60.4 Å². The van der Waals surface area contributed by atoms with E-state index >= 15 is 0 Å². The number of carbonyl (C=O) groups excluding carboxylic acids is 1. The van der Waals surface area contributed by atoms with Crippen molar-refractivity contribution in [3.8, 4) is 0 Å². The first-order valence-corrected chi connectivity index (χ1v) is 9.68. The van der Waals surface area contributed by atoms with Crippen molar-refractivity contribution < 1.29 is 4.79 Å². The third-order valence-corrected chi connectivity index (χ3v) is 4.73. The molecule has 0 saturated heterocycles. The summed E-state index contributed by atoms with van der Waals surface area (Å²) in [4.78, 5) is 24.0. The standard InChI is InChI=1S/C22H30N4O/c1-15-8-9-17(23-13-15)14-26-10-6-7-18-19(26)11-16(2)21(24-18)25-20(27)12-22(3,4)5/h8-9,11,13H,6-7,10,12,14H2,1-5H3,(H,24,25,27). The molecule has 144 valence electrons. The normalized spacial score (nSPS) is 14.0. The molecule has 1 aliphatic heterocycles. The van der Waals surface area contributed by atoms with Gasteiger partial charge in [0.15, 0.2) is 0 Å². The lowest BCUT2D eigenvalue weighted by molar-refractivity contribution is -0.117. The van der Waals surface area contributed by atoms with E-state index < -0.39 is 0 Å². The fourth-order valence-corrected chi connectivity index (χ4v) is 3.39. The van der Waals surface area contributed by atoms with Gasteiger partial charge in [-0.2, -0.15) is 0 Å². The Hall–Kier alpha value is -2.43. The molecule has 1 aliphatic rings. The molecule has 0 fully saturated rings. The monoisotopic (exact) mass is 366 g/mol. The molecule has 1 amide bonds. The van der Waals surface area contributed by atoms with Gasteiger partial charge in [-0.3, -0.25) is 9.78 Å². The lowest BCUT2D eigenvalue weighted by Crippen LogP contribution is -2.30. The Balaban J connectivity index is 1.79. The number of rotatable bonds is 4. The molecule has 0 aliphatic carbocycles. The van der Waals surface area contributed by atoms with Gasteiger partial charge in [-0.25, -0.2) is 4.98 Å². The number of pyridine rings is 2. The van der Waals surface area contributed by atoms with Crippen LogP contribution in [-0.2, 0) is 17.8 Å². The van der Waals surface area contributed by atoms with Gasteiger partial charge >= 0.3 is 0 Å². The van der Waals surface area contributed by atoms with Crippen LogP contribution in [0.3, 0.4) is 0 Å². The minimum atomic E-state index is -0.0377. The largest absolute Gasteiger partial charge is 0.364 e. The van der Waals surface area contributed by atoms with Crippen molar-refractivity contribution >= 4 is 17.4 Å². The van der Waals surface area contributed by atoms with E-state index in [0.29, 0.717) is 12.2 Å². The summed E-state index contributed by atoms with van der Waals surface area (Å²) >= 11 is 0. The Labute approximate surface area is 162 Å². The first-order valence-electron chi connectivity index (χ1n) is 9.68. The Bertz CT molecular complexity index is 821. The molecule has 2 aromatic rings. The maximum atomic E-state index is 12.3. The van der Waals surface area contributed by atoms with Gasteiger partial charge < -0.3 is 10.2 Å². The van der Waals surface area contributed by atoms with Gasteiger partial charge in [0.2, 0.25) is 5.91 Å². The van der Waals surface area contributed by atoms with Crippen LogP contribution in [0.4, 0.5) is 11.5 Å². The second kappa shape index (κ2) is 7.67. The molecule has 3 rings (SSSR count). The molecule has 5 heteroatoms. The molecular formula is C22H30N4O. The Morgan fingerprint density at radius 1 is 1.26 bits per heavy atom. The van der Waals surface area contributed by atoms with Crippen molar-refractivity contribution in [3.05, 3.63) is 46.9 Å². The van der Waals surface area contributed by atoms with Crippen LogP contribution >= 0.6 is 0 Å². The summed E-state index contributed by atoms with van der Waals surface area (Å²) < 4.78 is 0. The van der Waals surface area contributed by atoms with Crippen molar-refractivity contribution in [1.29, 1.82) is 0 Å². The molecule has 0 radical (unpaired) electrons. The first-order chi connectivity index (χ1) is 12.7. The molecule has 0 unspecified atom stereocenters. The van der Waals surface area contributed by atoms with Crippen LogP contribution < -0.4 is 10.2 Å². The molecule has 5 nitrogen and oxygen atoms in total. The fraction of sp³-hybridized carbons (Fsp3) is 0.500. The van der Waals surface area contributed by atoms with Crippen LogP contribution in [0.2, 0.25) is 0 Å². The van der Waals surface area contributed by atoms with Gasteiger partial charge in [0.1, 0.15) is 5.82 Å². The van der Waals surface area contributed by atoms with E-state index in [2.05, 4.69) is 61.1 Å². The van der Waals surface area contributed by atoms with E-state index in [1.54, 1.807) is 0 Å². The fourth-order valence-electron chi connectivity index (χ4n) is 3.39. The molecule has 0 saturated carbocycles. The van der Waals surface area contributed by atoms with E-state index in [1.807, 2.05) is 13.1 Å². The minimum absolute atomic E-state index is 0.0228. The lowest BCUT2D eigenvalue weighted by atomic mass is 9.92.